The minimum atomic E-state index is -2.97. The van der Waals surface area contributed by atoms with Crippen molar-refractivity contribution < 1.29 is 12.8 Å². The predicted octanol–water partition coefficient (Wildman–Crippen LogP) is 2.03. The van der Waals surface area contributed by atoms with Gasteiger partial charge in [-0.25, -0.2) is 12.8 Å². The summed E-state index contributed by atoms with van der Waals surface area (Å²) in [6, 6.07) is 6.13. The first-order valence-electron chi connectivity index (χ1n) is 6.45. The molecule has 1 aliphatic rings. The normalized spacial score (nSPS) is 20.6. The molecule has 20 heavy (non-hydrogen) atoms. The number of anilines is 1. The molecule has 0 unspecified atom stereocenters. The highest BCUT2D eigenvalue weighted by atomic mass is 32.2. The van der Waals surface area contributed by atoms with Crippen molar-refractivity contribution in [3.05, 3.63) is 30.1 Å². The van der Waals surface area contributed by atoms with Gasteiger partial charge in [0.2, 0.25) is 0 Å². The molecule has 1 N–H and O–H groups in total. The number of benzene rings is 1. The summed E-state index contributed by atoms with van der Waals surface area (Å²) < 4.78 is 36.7. The van der Waals surface area contributed by atoms with Gasteiger partial charge in [-0.15, -0.1) is 0 Å². The molecule has 1 aromatic carbocycles. The molecule has 0 aromatic heterocycles. The van der Waals surface area contributed by atoms with E-state index in [-0.39, 0.29) is 23.4 Å². The number of hydrogen-bond acceptors (Lipinski definition) is 3. The van der Waals surface area contributed by atoms with E-state index in [2.05, 4.69) is 5.32 Å². The average Bonchev–Trinajstić information content (AvgIpc) is 2.73. The van der Waals surface area contributed by atoms with Crippen LogP contribution in [0.2, 0.25) is 0 Å². The molecule has 7 heteroatoms. The summed E-state index contributed by atoms with van der Waals surface area (Å²) in [6.07, 6.45) is 0.565. The fourth-order valence-corrected chi connectivity index (χ4v) is 4.46. The van der Waals surface area contributed by atoms with Gasteiger partial charge in [0.25, 0.3) is 0 Å². The molecular formula is C13H17FN2O2S2. The van der Waals surface area contributed by atoms with E-state index in [1.807, 2.05) is 11.8 Å². The van der Waals surface area contributed by atoms with Gasteiger partial charge in [-0.05, 0) is 37.7 Å². The average molecular weight is 316 g/mol. The molecule has 0 radical (unpaired) electrons. The Morgan fingerprint density at radius 2 is 2.20 bits per heavy atom. The molecule has 0 saturated carbocycles. The second-order valence-corrected chi connectivity index (χ2v) is 7.37. The van der Waals surface area contributed by atoms with Gasteiger partial charge >= 0.3 is 0 Å². The topological polar surface area (TPSA) is 49.4 Å². The lowest BCUT2D eigenvalue weighted by Gasteiger charge is -2.29. The van der Waals surface area contributed by atoms with Gasteiger partial charge in [-0.2, -0.15) is 0 Å². The number of rotatable bonds is 3. The van der Waals surface area contributed by atoms with Crippen molar-refractivity contribution >= 4 is 32.9 Å². The molecule has 2 rings (SSSR count). The number of hydrogen-bond donors (Lipinski definition) is 1. The molecule has 1 fully saturated rings. The number of sulfone groups is 1. The third-order valence-electron chi connectivity index (χ3n) is 3.37. The van der Waals surface area contributed by atoms with Gasteiger partial charge in [0.1, 0.15) is 5.82 Å². The first-order chi connectivity index (χ1) is 9.43. The molecule has 0 amide bonds. The van der Waals surface area contributed by atoms with Crippen molar-refractivity contribution in [1.29, 1.82) is 0 Å². The maximum absolute atomic E-state index is 13.6. The van der Waals surface area contributed by atoms with Crippen LogP contribution in [-0.4, -0.2) is 42.5 Å². The van der Waals surface area contributed by atoms with Crippen LogP contribution in [-0.2, 0) is 9.84 Å². The molecule has 0 spiro atoms. The molecule has 1 atom stereocenters. The van der Waals surface area contributed by atoms with E-state index in [1.54, 1.807) is 18.2 Å². The highest BCUT2D eigenvalue weighted by molar-refractivity contribution is 7.91. The van der Waals surface area contributed by atoms with Gasteiger partial charge in [0.05, 0.1) is 17.2 Å². The van der Waals surface area contributed by atoms with Crippen LogP contribution in [0.3, 0.4) is 0 Å². The highest BCUT2D eigenvalue weighted by Gasteiger charge is 2.32. The van der Waals surface area contributed by atoms with Gasteiger partial charge in [0, 0.05) is 12.6 Å². The Hall–Kier alpha value is -1.21. The third-order valence-corrected chi connectivity index (χ3v) is 5.45. The Labute approximate surface area is 123 Å². The van der Waals surface area contributed by atoms with Crippen LogP contribution in [0.25, 0.3) is 0 Å². The smallest absolute Gasteiger partial charge is 0.173 e. The Bertz CT molecular complexity index is 604. The van der Waals surface area contributed by atoms with Crippen molar-refractivity contribution in [2.45, 2.75) is 19.4 Å². The van der Waals surface area contributed by atoms with Crippen molar-refractivity contribution in [2.75, 3.05) is 23.4 Å². The quantitative estimate of drug-likeness (QED) is 0.865. The lowest BCUT2D eigenvalue weighted by atomic mass is 10.2. The maximum Gasteiger partial charge on any atom is 0.173 e. The molecule has 1 heterocycles. The fraction of sp³-hybridized carbons (Fsp3) is 0.462. The molecule has 0 aliphatic carbocycles. The van der Waals surface area contributed by atoms with Crippen molar-refractivity contribution in [3.8, 4) is 0 Å². The SMILES string of the molecule is CCN(C(=S)Nc1ccccc1F)[C@@H]1CCS(=O)(=O)C1. The largest absolute Gasteiger partial charge is 0.345 e. The highest BCUT2D eigenvalue weighted by Crippen LogP contribution is 2.20. The van der Waals surface area contributed by atoms with Crippen LogP contribution in [0.1, 0.15) is 13.3 Å². The van der Waals surface area contributed by atoms with Gasteiger partial charge in [-0.3, -0.25) is 0 Å². The predicted molar refractivity (Wildman–Crippen MR) is 82.1 cm³/mol. The van der Waals surface area contributed by atoms with Crippen LogP contribution in [0.5, 0.6) is 0 Å². The number of nitrogens with one attached hydrogen (secondary N) is 1. The monoisotopic (exact) mass is 316 g/mol. The summed E-state index contributed by atoms with van der Waals surface area (Å²) in [5.74, 6) is -0.0823. The minimum absolute atomic E-state index is 0.111. The van der Waals surface area contributed by atoms with Crippen LogP contribution in [0.4, 0.5) is 10.1 Å². The van der Waals surface area contributed by atoms with E-state index in [0.29, 0.717) is 23.8 Å². The summed E-state index contributed by atoms with van der Waals surface area (Å²) in [6.45, 7) is 2.49. The van der Waals surface area contributed by atoms with E-state index in [0.717, 1.165) is 0 Å². The maximum atomic E-state index is 13.6. The second kappa shape index (κ2) is 6.05. The van der Waals surface area contributed by atoms with Crippen LogP contribution in [0.15, 0.2) is 24.3 Å². The van der Waals surface area contributed by atoms with Crippen molar-refractivity contribution in [1.82, 2.24) is 4.90 Å². The van der Waals surface area contributed by atoms with Gasteiger partial charge in [-0.1, -0.05) is 12.1 Å². The van der Waals surface area contributed by atoms with Gasteiger partial charge < -0.3 is 10.2 Å². The summed E-state index contributed by atoms with van der Waals surface area (Å²) in [5.41, 5.74) is 0.303. The molecule has 1 aromatic rings. The van der Waals surface area contributed by atoms with E-state index in [9.17, 15) is 12.8 Å². The summed E-state index contributed by atoms with van der Waals surface area (Å²) in [5, 5.41) is 3.21. The second-order valence-electron chi connectivity index (χ2n) is 4.75. The molecular weight excluding hydrogens is 299 g/mol. The van der Waals surface area contributed by atoms with Crippen LogP contribution >= 0.6 is 12.2 Å². The zero-order valence-electron chi connectivity index (χ0n) is 11.2. The lowest BCUT2D eigenvalue weighted by Crippen LogP contribution is -2.43. The summed E-state index contributed by atoms with van der Waals surface area (Å²) in [4.78, 5) is 1.81. The Kier molecular flexibility index (Phi) is 4.59. The standard InChI is InChI=1S/C13H17FN2O2S2/c1-2-16(10-7-8-20(17,18)9-10)13(19)15-12-6-4-3-5-11(12)14/h3-6,10H,2,7-9H2,1H3,(H,15,19)/t10-/m1/s1. The van der Waals surface area contributed by atoms with Crippen molar-refractivity contribution in [2.24, 2.45) is 0 Å². The van der Waals surface area contributed by atoms with E-state index in [1.165, 1.54) is 6.07 Å². The molecule has 4 nitrogen and oxygen atoms in total. The number of halogens is 1. The number of thiocarbonyl (C=S) groups is 1. The number of nitrogens with zero attached hydrogens (tertiary/aromatic N) is 1. The zero-order valence-corrected chi connectivity index (χ0v) is 12.8. The zero-order chi connectivity index (χ0) is 14.8. The molecule has 1 aliphatic heterocycles. The van der Waals surface area contributed by atoms with Gasteiger partial charge in [0.15, 0.2) is 14.9 Å². The molecule has 0 bridgehead atoms. The fourth-order valence-electron chi connectivity index (χ4n) is 2.34. The van der Waals surface area contributed by atoms with E-state index < -0.39 is 9.84 Å². The van der Waals surface area contributed by atoms with E-state index in [4.69, 9.17) is 12.2 Å². The van der Waals surface area contributed by atoms with Crippen LogP contribution in [0, 0.1) is 5.82 Å². The van der Waals surface area contributed by atoms with Crippen molar-refractivity contribution in [3.63, 3.8) is 0 Å². The Morgan fingerprint density at radius 3 is 2.75 bits per heavy atom. The molecule has 1 saturated heterocycles. The first-order valence-corrected chi connectivity index (χ1v) is 8.68. The Morgan fingerprint density at radius 1 is 1.50 bits per heavy atom. The molecule has 110 valence electrons. The lowest BCUT2D eigenvalue weighted by molar-refractivity contribution is 0.355. The number of para-hydroxylation sites is 1. The Balaban J connectivity index is 2.09. The van der Waals surface area contributed by atoms with E-state index >= 15 is 0 Å². The summed E-state index contributed by atoms with van der Waals surface area (Å²) >= 11 is 5.28. The first kappa shape index (κ1) is 15.2. The van der Waals surface area contributed by atoms with Crippen LogP contribution < -0.4 is 5.32 Å². The third kappa shape index (κ3) is 3.46. The minimum Gasteiger partial charge on any atom is -0.345 e. The summed E-state index contributed by atoms with van der Waals surface area (Å²) in [7, 11) is -2.97.